The maximum Gasteiger partial charge on any atom is 0.189 e. The van der Waals surface area contributed by atoms with E-state index < -0.39 is 13.6 Å². The Labute approximate surface area is 150 Å². The van der Waals surface area contributed by atoms with Crippen LogP contribution < -0.4 is 15.9 Å². The zero-order valence-corrected chi connectivity index (χ0v) is 15.3. The van der Waals surface area contributed by atoms with Gasteiger partial charge >= 0.3 is 0 Å². The summed E-state index contributed by atoms with van der Waals surface area (Å²) < 4.78 is 5.55. The molecule has 0 aromatic heterocycles. The van der Waals surface area contributed by atoms with Gasteiger partial charge in [-0.25, -0.2) is 0 Å². The minimum absolute atomic E-state index is 0.500. The molecule has 0 saturated heterocycles. The molecule has 0 saturated carbocycles. The molecule has 0 aliphatic carbocycles. The maximum absolute atomic E-state index is 10.6. The lowest BCUT2D eigenvalue weighted by atomic mass is 10.4. The molecular weight excluding hydrogens is 327 g/mol. The Hall–Kier alpha value is -1.99. The predicted molar refractivity (Wildman–Crippen MR) is 108 cm³/mol. The van der Waals surface area contributed by atoms with Crippen LogP contribution in [-0.4, -0.2) is 24.2 Å². The van der Waals surface area contributed by atoms with Crippen LogP contribution in [0.3, 0.4) is 0 Å². The lowest BCUT2D eigenvalue weighted by Crippen LogP contribution is -2.37. The quantitative estimate of drug-likeness (QED) is 0.523. The molecule has 0 spiro atoms. The number of benzene rings is 3. The van der Waals surface area contributed by atoms with Gasteiger partial charge in [-0.05, 0) is 43.3 Å². The van der Waals surface area contributed by atoms with E-state index in [9.17, 15) is 5.11 Å². The van der Waals surface area contributed by atoms with Crippen molar-refractivity contribution in [1.29, 1.82) is 0 Å². The second kappa shape index (κ2) is 8.40. The van der Waals surface area contributed by atoms with Crippen molar-refractivity contribution in [2.24, 2.45) is 0 Å². The first-order valence-electron chi connectivity index (χ1n) is 8.62. The second-order valence-electron chi connectivity index (χ2n) is 5.91. The highest BCUT2D eigenvalue weighted by Gasteiger charge is 2.47. The third kappa shape index (κ3) is 3.82. The molecule has 0 bridgehead atoms. The van der Waals surface area contributed by atoms with E-state index in [-0.39, 0.29) is 0 Å². The van der Waals surface area contributed by atoms with Crippen molar-refractivity contribution >= 4 is 23.2 Å². The van der Waals surface area contributed by atoms with Crippen LogP contribution in [0.5, 0.6) is 0 Å². The molecule has 3 rings (SSSR count). The van der Waals surface area contributed by atoms with Gasteiger partial charge in [0.2, 0.25) is 0 Å². The van der Waals surface area contributed by atoms with E-state index in [2.05, 4.69) is 72.8 Å². The first-order chi connectivity index (χ1) is 12.3. The summed E-state index contributed by atoms with van der Waals surface area (Å²) in [6, 6.07) is 31.6. The lowest BCUT2D eigenvalue weighted by molar-refractivity contribution is -0.0772. The highest BCUT2D eigenvalue weighted by molar-refractivity contribution is 7.95. The Morgan fingerprint density at radius 3 is 1.40 bits per heavy atom. The minimum Gasteiger partial charge on any atom is -0.365 e. The summed E-state index contributed by atoms with van der Waals surface area (Å²) in [5.41, 5.74) is 0. The minimum atomic E-state index is -2.01. The van der Waals surface area contributed by atoms with Crippen LogP contribution in [-0.2, 0) is 4.74 Å². The highest BCUT2D eigenvalue weighted by Crippen LogP contribution is 2.55. The lowest BCUT2D eigenvalue weighted by Gasteiger charge is -2.29. The number of aliphatic hydroxyl groups excluding tert-OH is 1. The van der Waals surface area contributed by atoms with Crippen molar-refractivity contribution < 1.29 is 9.84 Å². The normalized spacial score (nSPS) is 12.7. The summed E-state index contributed by atoms with van der Waals surface area (Å²) in [5, 5.41) is 14.3. The third-order valence-corrected chi connectivity index (χ3v) is 8.78. The van der Waals surface area contributed by atoms with Crippen molar-refractivity contribution in [2.45, 2.75) is 13.2 Å². The fraction of sp³-hybridized carbons (Fsp3) is 0.182. The monoisotopic (exact) mass is 351 g/mol. The molecule has 0 aliphatic rings. The van der Waals surface area contributed by atoms with E-state index in [1.807, 2.05) is 25.1 Å². The Morgan fingerprint density at radius 1 is 0.720 bits per heavy atom. The first kappa shape index (κ1) is 17.8. The smallest absolute Gasteiger partial charge is 0.189 e. The molecule has 0 heterocycles. The van der Waals surface area contributed by atoms with Gasteiger partial charge in [0.25, 0.3) is 0 Å². The van der Waals surface area contributed by atoms with Gasteiger partial charge in [-0.1, -0.05) is 54.6 Å². The SMILES string of the molecule is CCOC(O)C[P+](c1ccccc1)(c1ccccc1)c1ccccc1. The largest absolute Gasteiger partial charge is 0.365 e. The van der Waals surface area contributed by atoms with E-state index in [4.69, 9.17) is 4.74 Å². The molecule has 0 radical (unpaired) electrons. The number of rotatable bonds is 7. The summed E-state index contributed by atoms with van der Waals surface area (Å²) in [7, 11) is -2.01. The van der Waals surface area contributed by atoms with Crippen LogP contribution >= 0.6 is 7.26 Å². The van der Waals surface area contributed by atoms with Gasteiger partial charge in [0.15, 0.2) is 6.29 Å². The zero-order chi connectivity index (χ0) is 17.5. The summed E-state index contributed by atoms with van der Waals surface area (Å²) >= 11 is 0. The van der Waals surface area contributed by atoms with Crippen molar-refractivity contribution in [2.75, 3.05) is 12.8 Å². The fourth-order valence-corrected chi connectivity index (χ4v) is 7.43. The molecule has 25 heavy (non-hydrogen) atoms. The van der Waals surface area contributed by atoms with Crippen LogP contribution in [0, 0.1) is 0 Å². The molecule has 0 amide bonds. The zero-order valence-electron chi connectivity index (χ0n) is 14.5. The Morgan fingerprint density at radius 2 is 1.08 bits per heavy atom. The van der Waals surface area contributed by atoms with Gasteiger partial charge in [0.05, 0.1) is 0 Å². The maximum atomic E-state index is 10.6. The topological polar surface area (TPSA) is 29.5 Å². The van der Waals surface area contributed by atoms with Crippen LogP contribution in [0.25, 0.3) is 0 Å². The van der Waals surface area contributed by atoms with Crippen LogP contribution in [0.15, 0.2) is 91.0 Å². The Kier molecular flexibility index (Phi) is 5.99. The average molecular weight is 351 g/mol. The molecule has 3 heteroatoms. The summed E-state index contributed by atoms with van der Waals surface area (Å²) in [5.74, 6) is 0. The fourth-order valence-electron chi connectivity index (χ4n) is 3.29. The number of hydrogen-bond acceptors (Lipinski definition) is 2. The van der Waals surface area contributed by atoms with Gasteiger partial charge in [0.1, 0.15) is 29.3 Å². The molecular formula is C22H24O2P+. The van der Waals surface area contributed by atoms with Gasteiger partial charge in [-0.2, -0.15) is 0 Å². The number of ether oxygens (including phenoxy) is 1. The molecule has 2 nitrogen and oxygen atoms in total. The second-order valence-corrected chi connectivity index (χ2v) is 9.44. The number of aliphatic hydroxyl groups is 1. The molecule has 1 unspecified atom stereocenters. The summed E-state index contributed by atoms with van der Waals surface area (Å²) in [6.45, 7) is 2.41. The van der Waals surface area contributed by atoms with Crippen LogP contribution in [0.4, 0.5) is 0 Å². The van der Waals surface area contributed by atoms with E-state index in [1.165, 1.54) is 15.9 Å². The van der Waals surface area contributed by atoms with Crippen molar-refractivity contribution in [3.8, 4) is 0 Å². The summed E-state index contributed by atoms with van der Waals surface area (Å²) in [4.78, 5) is 0. The molecule has 0 aliphatic heterocycles. The van der Waals surface area contributed by atoms with Crippen molar-refractivity contribution in [1.82, 2.24) is 0 Å². The van der Waals surface area contributed by atoms with Gasteiger partial charge in [0, 0.05) is 6.61 Å². The molecule has 1 N–H and O–H groups in total. The van der Waals surface area contributed by atoms with Crippen LogP contribution in [0.1, 0.15) is 6.92 Å². The van der Waals surface area contributed by atoms with E-state index in [1.54, 1.807) is 0 Å². The van der Waals surface area contributed by atoms with Gasteiger partial charge in [-0.3, -0.25) is 0 Å². The molecule has 3 aromatic rings. The van der Waals surface area contributed by atoms with E-state index >= 15 is 0 Å². The predicted octanol–water partition coefficient (Wildman–Crippen LogP) is 3.34. The molecule has 0 fully saturated rings. The number of hydrogen-bond donors (Lipinski definition) is 1. The average Bonchev–Trinajstić information content (AvgIpc) is 2.68. The first-order valence-corrected chi connectivity index (χ1v) is 10.6. The molecule has 3 aromatic carbocycles. The van der Waals surface area contributed by atoms with Gasteiger partial charge in [-0.15, -0.1) is 0 Å². The highest BCUT2D eigenvalue weighted by atomic mass is 31.2. The van der Waals surface area contributed by atoms with E-state index in [0.717, 1.165) is 0 Å². The Bertz CT molecular complexity index is 663. The molecule has 1 atom stereocenters. The molecule has 128 valence electrons. The van der Waals surface area contributed by atoms with E-state index in [0.29, 0.717) is 12.8 Å². The Balaban J connectivity index is 2.24. The third-order valence-electron chi connectivity index (χ3n) is 4.38. The van der Waals surface area contributed by atoms with Crippen LogP contribution in [0.2, 0.25) is 0 Å². The van der Waals surface area contributed by atoms with Crippen molar-refractivity contribution in [3.63, 3.8) is 0 Å². The van der Waals surface area contributed by atoms with Crippen molar-refractivity contribution in [3.05, 3.63) is 91.0 Å². The standard InChI is InChI=1S/C22H24O2P/c1-2-24-22(23)18-25(19-12-6-3-7-13-19,20-14-8-4-9-15-20)21-16-10-5-11-17-21/h3-17,22-23H,2,18H2,1H3/q+1. The summed E-state index contributed by atoms with van der Waals surface area (Å²) in [6.07, 6.45) is -0.224. The van der Waals surface area contributed by atoms with Gasteiger partial charge < -0.3 is 9.84 Å².